The Kier molecular flexibility index (Phi) is 2.71. The van der Waals surface area contributed by atoms with E-state index in [0.717, 1.165) is 14.4 Å². The normalized spacial score (nSPS) is 9.90. The molecule has 0 atom stereocenters. The predicted molar refractivity (Wildman–Crippen MR) is 46.5 cm³/mol. The first kappa shape index (κ1) is 8.04. The monoisotopic (exact) mass is 221 g/mol. The molecule has 0 aliphatic carbocycles. The molecular weight excluding hydrogens is 214 g/mol. The van der Waals surface area contributed by atoms with Crippen molar-refractivity contribution in [3.05, 3.63) is 15.4 Å². The van der Waals surface area contributed by atoms with Crippen LogP contribution in [0.1, 0.15) is 4.88 Å². The second kappa shape index (κ2) is 3.37. The highest BCUT2D eigenvalue weighted by Crippen LogP contribution is 2.34. The molecule has 0 spiro atoms. The highest BCUT2D eigenvalue weighted by Gasteiger charge is 2.04. The lowest BCUT2D eigenvalue weighted by atomic mass is 10.5. The van der Waals surface area contributed by atoms with Crippen LogP contribution in [0, 0.1) is 0 Å². The number of methoxy groups -OCH3 is 1. The lowest BCUT2D eigenvalue weighted by Crippen LogP contribution is -1.91. The van der Waals surface area contributed by atoms with Crippen molar-refractivity contribution in [2.75, 3.05) is 7.11 Å². The van der Waals surface area contributed by atoms with Crippen LogP contribution in [0.5, 0.6) is 5.06 Å². The predicted octanol–water partition coefficient (Wildman–Crippen LogP) is 1.98. The molecule has 0 radical (unpaired) electrons. The van der Waals surface area contributed by atoms with Crippen LogP contribution in [0.2, 0.25) is 0 Å². The lowest BCUT2D eigenvalue weighted by Gasteiger charge is -1.91. The van der Waals surface area contributed by atoms with E-state index in [-0.39, 0.29) is 0 Å². The summed E-state index contributed by atoms with van der Waals surface area (Å²) in [6, 6.07) is 1.98. The molecule has 2 N–H and O–H groups in total. The van der Waals surface area contributed by atoms with Gasteiger partial charge in [-0.05, 0) is 22.0 Å². The molecule has 0 bridgehead atoms. The molecule has 0 fully saturated rings. The molecule has 0 saturated heterocycles. The van der Waals surface area contributed by atoms with Crippen molar-refractivity contribution in [3.8, 4) is 5.06 Å². The maximum atomic E-state index is 5.42. The van der Waals surface area contributed by atoms with Crippen molar-refractivity contribution < 1.29 is 4.74 Å². The van der Waals surface area contributed by atoms with E-state index >= 15 is 0 Å². The van der Waals surface area contributed by atoms with Gasteiger partial charge in [-0.1, -0.05) is 0 Å². The quantitative estimate of drug-likeness (QED) is 0.830. The molecule has 1 aromatic rings. The first-order valence-corrected chi connectivity index (χ1v) is 4.41. The molecule has 56 valence electrons. The van der Waals surface area contributed by atoms with Gasteiger partial charge in [0.2, 0.25) is 0 Å². The highest BCUT2D eigenvalue weighted by atomic mass is 79.9. The zero-order chi connectivity index (χ0) is 7.56. The van der Waals surface area contributed by atoms with Crippen LogP contribution >= 0.6 is 27.3 Å². The van der Waals surface area contributed by atoms with Gasteiger partial charge in [-0.15, -0.1) is 11.3 Å². The Balaban J connectivity index is 2.92. The van der Waals surface area contributed by atoms with E-state index < -0.39 is 0 Å². The molecule has 2 nitrogen and oxygen atoms in total. The summed E-state index contributed by atoms with van der Waals surface area (Å²) in [4.78, 5) is 1.13. The smallest absolute Gasteiger partial charge is 0.188 e. The molecule has 1 heterocycles. The minimum absolute atomic E-state index is 0.576. The number of halogens is 1. The number of ether oxygens (including phenoxy) is 1. The van der Waals surface area contributed by atoms with Crippen LogP contribution in [-0.2, 0) is 6.54 Å². The molecule has 4 heteroatoms. The van der Waals surface area contributed by atoms with E-state index in [1.54, 1.807) is 18.4 Å². The third kappa shape index (κ3) is 1.51. The number of hydrogen-bond donors (Lipinski definition) is 1. The van der Waals surface area contributed by atoms with E-state index in [0.29, 0.717) is 6.54 Å². The van der Waals surface area contributed by atoms with Crippen LogP contribution in [0.4, 0.5) is 0 Å². The first-order valence-electron chi connectivity index (χ1n) is 2.80. The molecule has 1 aromatic heterocycles. The fourth-order valence-corrected chi connectivity index (χ4v) is 2.21. The zero-order valence-electron chi connectivity index (χ0n) is 5.56. The number of rotatable bonds is 2. The van der Waals surface area contributed by atoms with Crippen LogP contribution in [0.3, 0.4) is 0 Å². The van der Waals surface area contributed by atoms with Gasteiger partial charge in [0.1, 0.15) is 0 Å². The average Bonchev–Trinajstić information content (AvgIpc) is 2.30. The number of nitrogens with two attached hydrogens (primary N) is 1. The summed E-state index contributed by atoms with van der Waals surface area (Å²) in [6.07, 6.45) is 0. The standard InChI is InChI=1S/C6H8BrNOS/c1-9-6-5(7)2-4(3-8)10-6/h2H,3,8H2,1H3. The second-order valence-corrected chi connectivity index (χ2v) is 3.71. The van der Waals surface area contributed by atoms with Crippen LogP contribution in [0.15, 0.2) is 10.5 Å². The van der Waals surface area contributed by atoms with E-state index in [1.807, 2.05) is 6.07 Å². The number of thiophene rings is 1. The molecule has 0 aliphatic heterocycles. The van der Waals surface area contributed by atoms with Gasteiger partial charge in [-0.2, -0.15) is 0 Å². The van der Waals surface area contributed by atoms with Gasteiger partial charge in [0.05, 0.1) is 11.6 Å². The largest absolute Gasteiger partial charge is 0.486 e. The number of hydrogen-bond acceptors (Lipinski definition) is 3. The van der Waals surface area contributed by atoms with Gasteiger partial charge in [0.25, 0.3) is 0 Å². The molecule has 1 rings (SSSR count). The Morgan fingerprint density at radius 1 is 1.80 bits per heavy atom. The van der Waals surface area contributed by atoms with Gasteiger partial charge in [-0.3, -0.25) is 0 Å². The minimum atomic E-state index is 0.576. The molecular formula is C6H8BrNOS. The second-order valence-electron chi connectivity index (χ2n) is 1.76. The topological polar surface area (TPSA) is 35.2 Å². The van der Waals surface area contributed by atoms with Crippen LogP contribution in [0.25, 0.3) is 0 Å². The molecule has 0 aliphatic rings. The SMILES string of the molecule is COc1sc(CN)cc1Br. The summed E-state index contributed by atoms with van der Waals surface area (Å²) >= 11 is 4.91. The minimum Gasteiger partial charge on any atom is -0.486 e. The maximum Gasteiger partial charge on any atom is 0.188 e. The third-order valence-electron chi connectivity index (χ3n) is 1.09. The van der Waals surface area contributed by atoms with Gasteiger partial charge in [0, 0.05) is 11.4 Å². The van der Waals surface area contributed by atoms with Gasteiger partial charge in [0.15, 0.2) is 5.06 Å². The first-order chi connectivity index (χ1) is 4.77. The van der Waals surface area contributed by atoms with Crippen molar-refractivity contribution >= 4 is 27.3 Å². The Labute approximate surface area is 72.1 Å². The van der Waals surface area contributed by atoms with Crippen molar-refractivity contribution in [3.63, 3.8) is 0 Å². The Morgan fingerprint density at radius 3 is 2.80 bits per heavy atom. The summed E-state index contributed by atoms with van der Waals surface area (Å²) < 4.78 is 6.03. The summed E-state index contributed by atoms with van der Waals surface area (Å²) in [5, 5.41) is 0.889. The summed E-state index contributed by atoms with van der Waals surface area (Å²) in [7, 11) is 1.65. The third-order valence-corrected chi connectivity index (χ3v) is 3.06. The van der Waals surface area contributed by atoms with Gasteiger partial charge < -0.3 is 10.5 Å². The van der Waals surface area contributed by atoms with Crippen molar-refractivity contribution in [1.82, 2.24) is 0 Å². The average molecular weight is 222 g/mol. The lowest BCUT2D eigenvalue weighted by molar-refractivity contribution is 0.425. The summed E-state index contributed by atoms with van der Waals surface area (Å²) in [5.41, 5.74) is 5.42. The molecule has 10 heavy (non-hydrogen) atoms. The van der Waals surface area contributed by atoms with Gasteiger partial charge in [-0.25, -0.2) is 0 Å². The zero-order valence-corrected chi connectivity index (χ0v) is 7.96. The van der Waals surface area contributed by atoms with Crippen molar-refractivity contribution in [2.24, 2.45) is 5.73 Å². The van der Waals surface area contributed by atoms with E-state index in [2.05, 4.69) is 15.9 Å². The Morgan fingerprint density at radius 2 is 2.50 bits per heavy atom. The fourth-order valence-electron chi connectivity index (χ4n) is 0.637. The molecule has 0 amide bonds. The van der Waals surface area contributed by atoms with Gasteiger partial charge >= 0.3 is 0 Å². The summed E-state index contributed by atoms with van der Waals surface area (Å²) in [6.45, 7) is 0.576. The fraction of sp³-hybridized carbons (Fsp3) is 0.333. The van der Waals surface area contributed by atoms with Crippen LogP contribution in [-0.4, -0.2) is 7.11 Å². The van der Waals surface area contributed by atoms with E-state index in [1.165, 1.54) is 0 Å². The molecule has 0 saturated carbocycles. The van der Waals surface area contributed by atoms with E-state index in [9.17, 15) is 0 Å². The van der Waals surface area contributed by atoms with E-state index in [4.69, 9.17) is 10.5 Å². The van der Waals surface area contributed by atoms with Crippen molar-refractivity contribution in [2.45, 2.75) is 6.54 Å². The molecule has 0 unspecified atom stereocenters. The highest BCUT2D eigenvalue weighted by molar-refractivity contribution is 9.10. The maximum absolute atomic E-state index is 5.42. The molecule has 0 aromatic carbocycles. The van der Waals surface area contributed by atoms with Crippen LogP contribution < -0.4 is 10.5 Å². The Bertz CT molecular complexity index is 224. The Hall–Kier alpha value is -0.0600. The van der Waals surface area contributed by atoms with Crippen molar-refractivity contribution in [1.29, 1.82) is 0 Å². The summed E-state index contributed by atoms with van der Waals surface area (Å²) in [5.74, 6) is 0.